The zero-order valence-corrected chi connectivity index (χ0v) is 10.1. The summed E-state index contributed by atoms with van der Waals surface area (Å²) in [7, 11) is 0. The van der Waals surface area contributed by atoms with Crippen LogP contribution in [-0.4, -0.2) is 35.7 Å². The quantitative estimate of drug-likeness (QED) is 0.812. The van der Waals surface area contributed by atoms with E-state index in [2.05, 4.69) is 10.2 Å². The van der Waals surface area contributed by atoms with E-state index < -0.39 is 0 Å². The van der Waals surface area contributed by atoms with E-state index in [-0.39, 0.29) is 0 Å². The molecule has 2 aliphatic rings. The molecular formula is C14H20N2O. The van der Waals surface area contributed by atoms with Gasteiger partial charge in [0.15, 0.2) is 0 Å². The molecule has 3 nitrogen and oxygen atoms in total. The molecule has 0 saturated carbocycles. The Morgan fingerprint density at radius 3 is 3.00 bits per heavy atom. The van der Waals surface area contributed by atoms with Crippen LogP contribution >= 0.6 is 0 Å². The zero-order chi connectivity index (χ0) is 11.7. The van der Waals surface area contributed by atoms with E-state index in [0.29, 0.717) is 11.8 Å². The number of nitrogens with zero attached hydrogens (tertiary/aromatic N) is 1. The van der Waals surface area contributed by atoms with Gasteiger partial charge < -0.3 is 10.4 Å². The normalized spacial score (nSPS) is 29.2. The zero-order valence-electron chi connectivity index (χ0n) is 10.1. The summed E-state index contributed by atoms with van der Waals surface area (Å²) in [6, 6.07) is 8.34. The molecular weight excluding hydrogens is 212 g/mol. The molecule has 2 atom stereocenters. The highest BCUT2D eigenvalue weighted by molar-refractivity contribution is 5.31. The number of piperidine rings is 1. The Morgan fingerprint density at radius 2 is 2.18 bits per heavy atom. The van der Waals surface area contributed by atoms with Gasteiger partial charge >= 0.3 is 0 Å². The van der Waals surface area contributed by atoms with E-state index in [9.17, 15) is 5.11 Å². The van der Waals surface area contributed by atoms with E-state index >= 15 is 0 Å². The van der Waals surface area contributed by atoms with E-state index in [1.807, 2.05) is 18.2 Å². The molecule has 1 aromatic rings. The van der Waals surface area contributed by atoms with Crippen LogP contribution in [0.1, 0.15) is 18.4 Å². The summed E-state index contributed by atoms with van der Waals surface area (Å²) in [5.41, 5.74) is 1.05. The molecule has 0 aliphatic carbocycles. The lowest BCUT2D eigenvalue weighted by Gasteiger charge is -2.24. The van der Waals surface area contributed by atoms with E-state index in [1.54, 1.807) is 6.07 Å². The Kier molecular flexibility index (Phi) is 3.04. The van der Waals surface area contributed by atoms with Crippen molar-refractivity contribution in [2.24, 2.45) is 5.92 Å². The minimum Gasteiger partial charge on any atom is -0.508 e. The third-order valence-corrected chi connectivity index (χ3v) is 4.06. The van der Waals surface area contributed by atoms with Crippen LogP contribution in [0.5, 0.6) is 5.75 Å². The van der Waals surface area contributed by atoms with Crippen molar-refractivity contribution in [1.82, 2.24) is 10.2 Å². The summed E-state index contributed by atoms with van der Waals surface area (Å²) in [6.45, 7) is 4.35. The predicted octanol–water partition coefficient (Wildman–Crippen LogP) is 1.58. The summed E-state index contributed by atoms with van der Waals surface area (Å²) in [6.07, 6.45) is 2.67. The van der Waals surface area contributed by atoms with Gasteiger partial charge in [-0.05, 0) is 31.4 Å². The SMILES string of the molecule is Oc1ccccc1CN1CC2CCCNC2C1. The van der Waals surface area contributed by atoms with Crippen LogP contribution in [0, 0.1) is 5.92 Å². The number of rotatable bonds is 2. The molecule has 2 unspecified atom stereocenters. The summed E-state index contributed by atoms with van der Waals surface area (Å²) >= 11 is 0. The third kappa shape index (κ3) is 2.31. The molecule has 17 heavy (non-hydrogen) atoms. The molecule has 3 heteroatoms. The molecule has 0 spiro atoms. The number of para-hydroxylation sites is 1. The Bertz CT molecular complexity index is 380. The van der Waals surface area contributed by atoms with Gasteiger partial charge in [0.2, 0.25) is 0 Å². The summed E-state index contributed by atoms with van der Waals surface area (Å²) in [5, 5.41) is 13.4. The van der Waals surface area contributed by atoms with Gasteiger partial charge in [-0.15, -0.1) is 0 Å². The minimum absolute atomic E-state index is 0.426. The second-order valence-corrected chi connectivity index (χ2v) is 5.29. The lowest BCUT2D eigenvalue weighted by atomic mass is 9.94. The van der Waals surface area contributed by atoms with Crippen molar-refractivity contribution in [3.05, 3.63) is 29.8 Å². The number of hydrogen-bond acceptors (Lipinski definition) is 3. The first-order valence-electron chi connectivity index (χ1n) is 6.55. The smallest absolute Gasteiger partial charge is 0.120 e. The number of fused-ring (bicyclic) bond motifs is 1. The van der Waals surface area contributed by atoms with Gasteiger partial charge in [0, 0.05) is 31.2 Å². The van der Waals surface area contributed by atoms with Gasteiger partial charge in [0.25, 0.3) is 0 Å². The monoisotopic (exact) mass is 232 g/mol. The topological polar surface area (TPSA) is 35.5 Å². The van der Waals surface area contributed by atoms with Gasteiger partial charge in [-0.1, -0.05) is 18.2 Å². The molecule has 92 valence electrons. The van der Waals surface area contributed by atoms with Crippen molar-refractivity contribution < 1.29 is 5.11 Å². The molecule has 2 N–H and O–H groups in total. The number of benzene rings is 1. The van der Waals surface area contributed by atoms with Crippen molar-refractivity contribution in [2.45, 2.75) is 25.4 Å². The fourth-order valence-corrected chi connectivity index (χ4v) is 3.15. The molecule has 0 bridgehead atoms. The van der Waals surface area contributed by atoms with Crippen molar-refractivity contribution in [3.63, 3.8) is 0 Å². The standard InChI is InChI=1S/C14H20N2O/c17-14-6-2-1-4-12(14)9-16-8-11-5-3-7-15-13(11)10-16/h1-2,4,6,11,13,15,17H,3,5,7-10H2. The van der Waals surface area contributed by atoms with Crippen LogP contribution in [0.15, 0.2) is 24.3 Å². The molecule has 2 aliphatic heterocycles. The molecule has 3 rings (SSSR count). The van der Waals surface area contributed by atoms with Crippen LogP contribution in [-0.2, 0) is 6.54 Å². The average Bonchev–Trinajstić information content (AvgIpc) is 2.74. The van der Waals surface area contributed by atoms with Crippen LogP contribution in [0.3, 0.4) is 0 Å². The first-order chi connectivity index (χ1) is 8.33. The summed E-state index contributed by atoms with van der Waals surface area (Å²) < 4.78 is 0. The Hall–Kier alpha value is -1.06. The third-order valence-electron chi connectivity index (χ3n) is 4.06. The van der Waals surface area contributed by atoms with Gasteiger partial charge in [0.1, 0.15) is 5.75 Å². The lowest BCUT2D eigenvalue weighted by molar-refractivity contribution is 0.307. The van der Waals surface area contributed by atoms with Crippen molar-refractivity contribution in [3.8, 4) is 5.75 Å². The van der Waals surface area contributed by atoms with Crippen LogP contribution < -0.4 is 5.32 Å². The first kappa shape index (κ1) is 11.1. The summed E-state index contributed by atoms with van der Waals surface area (Å²) in [4.78, 5) is 2.46. The maximum Gasteiger partial charge on any atom is 0.120 e. The lowest BCUT2D eigenvalue weighted by Crippen LogP contribution is -2.40. The Labute approximate surface area is 102 Å². The fourth-order valence-electron chi connectivity index (χ4n) is 3.15. The molecule has 2 saturated heterocycles. The number of nitrogens with one attached hydrogen (secondary N) is 1. The van der Waals surface area contributed by atoms with Crippen LogP contribution in [0.2, 0.25) is 0 Å². The van der Waals surface area contributed by atoms with Gasteiger partial charge in [-0.25, -0.2) is 0 Å². The Morgan fingerprint density at radius 1 is 1.29 bits per heavy atom. The van der Waals surface area contributed by atoms with Gasteiger partial charge in [-0.2, -0.15) is 0 Å². The van der Waals surface area contributed by atoms with Gasteiger partial charge in [0.05, 0.1) is 0 Å². The largest absolute Gasteiger partial charge is 0.508 e. The van der Waals surface area contributed by atoms with E-state index in [4.69, 9.17) is 0 Å². The van der Waals surface area contributed by atoms with Crippen molar-refractivity contribution in [2.75, 3.05) is 19.6 Å². The summed E-state index contributed by atoms with van der Waals surface area (Å²) in [5.74, 6) is 1.24. The molecule has 2 heterocycles. The second-order valence-electron chi connectivity index (χ2n) is 5.29. The Balaban J connectivity index is 1.65. The molecule has 0 amide bonds. The number of hydrogen-bond donors (Lipinski definition) is 2. The molecule has 0 aromatic heterocycles. The van der Waals surface area contributed by atoms with E-state index in [1.165, 1.54) is 25.9 Å². The maximum absolute atomic E-state index is 9.79. The maximum atomic E-state index is 9.79. The second kappa shape index (κ2) is 4.67. The molecule has 0 radical (unpaired) electrons. The number of phenols is 1. The highest BCUT2D eigenvalue weighted by Crippen LogP contribution is 2.27. The highest BCUT2D eigenvalue weighted by atomic mass is 16.3. The fraction of sp³-hybridized carbons (Fsp3) is 0.571. The number of likely N-dealkylation sites (tertiary alicyclic amines) is 1. The number of phenolic OH excluding ortho intramolecular Hbond substituents is 1. The molecule has 2 fully saturated rings. The van der Waals surface area contributed by atoms with Crippen LogP contribution in [0.25, 0.3) is 0 Å². The minimum atomic E-state index is 0.426. The first-order valence-corrected chi connectivity index (χ1v) is 6.55. The molecule has 1 aromatic carbocycles. The average molecular weight is 232 g/mol. The van der Waals surface area contributed by atoms with Crippen molar-refractivity contribution >= 4 is 0 Å². The van der Waals surface area contributed by atoms with Crippen LogP contribution in [0.4, 0.5) is 0 Å². The highest BCUT2D eigenvalue weighted by Gasteiger charge is 2.34. The van der Waals surface area contributed by atoms with Gasteiger partial charge in [-0.3, -0.25) is 4.90 Å². The number of aromatic hydroxyl groups is 1. The van der Waals surface area contributed by atoms with E-state index in [0.717, 1.165) is 24.6 Å². The van der Waals surface area contributed by atoms with Crippen molar-refractivity contribution in [1.29, 1.82) is 0 Å². The predicted molar refractivity (Wildman–Crippen MR) is 67.9 cm³/mol.